The summed E-state index contributed by atoms with van der Waals surface area (Å²) in [5.74, 6) is 0.0157. The number of aromatic nitrogens is 1. The first-order valence-electron chi connectivity index (χ1n) is 7.62. The van der Waals surface area contributed by atoms with Crippen LogP contribution in [0.5, 0.6) is 0 Å². The smallest absolute Gasteiger partial charge is 0.293 e. The molecule has 3 heteroatoms. The molecule has 2 aromatic rings. The largest absolute Gasteiger partial charge is 0.320 e. The minimum Gasteiger partial charge on any atom is -0.320 e. The first kappa shape index (κ1) is 13.8. The van der Waals surface area contributed by atoms with E-state index >= 15 is 0 Å². The van der Waals surface area contributed by atoms with Crippen LogP contribution in [0.25, 0.3) is 0 Å². The number of nitrogens with zero attached hydrogens (tertiary/aromatic N) is 1. The average molecular weight is 281 g/mol. The van der Waals surface area contributed by atoms with Crippen molar-refractivity contribution in [2.24, 2.45) is 0 Å². The van der Waals surface area contributed by atoms with E-state index < -0.39 is 0 Å². The molecule has 108 valence electrons. The lowest BCUT2D eigenvalue weighted by molar-refractivity contribution is -0.706. The molecule has 0 bridgehead atoms. The van der Waals surface area contributed by atoms with Gasteiger partial charge in [0.1, 0.15) is 0 Å². The SMILES string of the molecule is C[C@@H](C(=O)Nc1ccccc1)[n+]1ccc2c(c1)CCCC2. The van der Waals surface area contributed by atoms with Crippen molar-refractivity contribution in [2.75, 3.05) is 5.32 Å². The molecule has 21 heavy (non-hydrogen) atoms. The molecule has 1 amide bonds. The summed E-state index contributed by atoms with van der Waals surface area (Å²) in [5.41, 5.74) is 3.67. The maximum atomic E-state index is 12.3. The van der Waals surface area contributed by atoms with Crippen LogP contribution in [0.1, 0.15) is 36.9 Å². The first-order valence-corrected chi connectivity index (χ1v) is 7.62. The molecule has 0 aliphatic heterocycles. The van der Waals surface area contributed by atoms with Gasteiger partial charge in [0.15, 0.2) is 12.4 Å². The van der Waals surface area contributed by atoms with Gasteiger partial charge in [-0.05, 0) is 43.4 Å². The molecule has 3 nitrogen and oxygen atoms in total. The fourth-order valence-electron chi connectivity index (χ4n) is 2.83. The van der Waals surface area contributed by atoms with Crippen LogP contribution in [0.15, 0.2) is 48.8 Å². The summed E-state index contributed by atoms with van der Waals surface area (Å²) in [4.78, 5) is 12.3. The van der Waals surface area contributed by atoms with Gasteiger partial charge < -0.3 is 5.32 Å². The van der Waals surface area contributed by atoms with Crippen LogP contribution in [0, 0.1) is 0 Å². The zero-order valence-electron chi connectivity index (χ0n) is 12.4. The number of rotatable bonds is 3. The molecule has 0 spiro atoms. The van der Waals surface area contributed by atoms with Crippen LogP contribution >= 0.6 is 0 Å². The van der Waals surface area contributed by atoms with Crippen molar-refractivity contribution in [2.45, 2.75) is 38.6 Å². The Labute approximate surface area is 125 Å². The number of hydrogen-bond acceptors (Lipinski definition) is 1. The topological polar surface area (TPSA) is 33.0 Å². The van der Waals surface area contributed by atoms with Crippen molar-refractivity contribution >= 4 is 11.6 Å². The first-order chi connectivity index (χ1) is 10.2. The monoisotopic (exact) mass is 281 g/mol. The lowest BCUT2D eigenvalue weighted by Crippen LogP contribution is -2.44. The third kappa shape index (κ3) is 3.13. The van der Waals surface area contributed by atoms with Gasteiger partial charge in [0.2, 0.25) is 6.04 Å². The predicted octanol–water partition coefficient (Wildman–Crippen LogP) is 3.05. The summed E-state index contributed by atoms with van der Waals surface area (Å²) >= 11 is 0. The Kier molecular flexibility index (Phi) is 4.00. The second-order valence-corrected chi connectivity index (χ2v) is 5.68. The highest BCUT2D eigenvalue weighted by Crippen LogP contribution is 2.19. The van der Waals surface area contributed by atoms with Gasteiger partial charge in [-0.15, -0.1) is 0 Å². The quantitative estimate of drug-likeness (QED) is 0.862. The second-order valence-electron chi connectivity index (χ2n) is 5.68. The second kappa shape index (κ2) is 6.08. The Hall–Kier alpha value is -2.16. The zero-order valence-corrected chi connectivity index (χ0v) is 12.4. The summed E-state index contributed by atoms with van der Waals surface area (Å²) in [6.45, 7) is 1.94. The van der Waals surface area contributed by atoms with Gasteiger partial charge in [0.05, 0.1) is 0 Å². The molecule has 3 rings (SSSR count). The normalized spacial score (nSPS) is 15.1. The van der Waals surface area contributed by atoms with Crippen LogP contribution in [0.4, 0.5) is 5.69 Å². The number of hydrogen-bond donors (Lipinski definition) is 1. The van der Waals surface area contributed by atoms with Crippen molar-refractivity contribution in [3.8, 4) is 0 Å². The van der Waals surface area contributed by atoms with E-state index in [0.717, 1.165) is 12.1 Å². The highest BCUT2D eigenvalue weighted by Gasteiger charge is 2.23. The Morgan fingerprint density at radius 3 is 2.57 bits per heavy atom. The van der Waals surface area contributed by atoms with Gasteiger partial charge in [-0.1, -0.05) is 18.2 Å². The summed E-state index contributed by atoms with van der Waals surface area (Å²) in [6.07, 6.45) is 9.00. The van der Waals surface area contributed by atoms with E-state index in [1.165, 1.54) is 30.4 Å². The maximum Gasteiger partial charge on any atom is 0.293 e. The lowest BCUT2D eigenvalue weighted by Gasteiger charge is -2.15. The minimum atomic E-state index is -0.211. The summed E-state index contributed by atoms with van der Waals surface area (Å²) in [5, 5.41) is 2.96. The van der Waals surface area contributed by atoms with Crippen LogP contribution in [-0.4, -0.2) is 5.91 Å². The van der Waals surface area contributed by atoms with Crippen LogP contribution < -0.4 is 9.88 Å². The third-order valence-corrected chi connectivity index (χ3v) is 4.18. The molecule has 1 aromatic carbocycles. The average Bonchev–Trinajstić information content (AvgIpc) is 2.54. The number of benzene rings is 1. The number of pyridine rings is 1. The standard InChI is InChI=1S/C18H20N2O/c1-14(18(21)19-17-9-3-2-4-10-17)20-12-11-15-7-5-6-8-16(15)13-20/h2-4,9-14H,5-8H2,1H3/p+1/t14-/m0/s1. The van der Waals surface area contributed by atoms with Crippen molar-refractivity contribution in [1.82, 2.24) is 0 Å². The minimum absolute atomic E-state index is 0.0157. The third-order valence-electron chi connectivity index (χ3n) is 4.18. The Morgan fingerprint density at radius 2 is 1.81 bits per heavy atom. The highest BCUT2D eigenvalue weighted by atomic mass is 16.2. The number of amides is 1. The Balaban J connectivity index is 1.75. The number of carbonyl (C=O) groups is 1. The maximum absolute atomic E-state index is 12.3. The summed E-state index contributed by atoms with van der Waals surface area (Å²) in [6, 6.07) is 11.6. The van der Waals surface area contributed by atoms with Crippen molar-refractivity contribution in [3.05, 3.63) is 59.9 Å². The van der Waals surface area contributed by atoms with E-state index in [2.05, 4.69) is 17.6 Å². The molecular weight excluding hydrogens is 260 g/mol. The van der Waals surface area contributed by atoms with Gasteiger partial charge in [-0.3, -0.25) is 4.79 Å². The molecule has 1 N–H and O–H groups in total. The van der Waals surface area contributed by atoms with E-state index in [0.29, 0.717) is 0 Å². The molecule has 1 aromatic heterocycles. The number of carbonyl (C=O) groups excluding carboxylic acids is 1. The predicted molar refractivity (Wildman–Crippen MR) is 83.1 cm³/mol. The van der Waals surface area contributed by atoms with E-state index in [9.17, 15) is 4.79 Å². The fraction of sp³-hybridized carbons (Fsp3) is 0.333. The van der Waals surface area contributed by atoms with Gasteiger partial charge in [0, 0.05) is 24.2 Å². The van der Waals surface area contributed by atoms with Gasteiger partial charge in [-0.25, -0.2) is 0 Å². The van der Waals surface area contributed by atoms with Crippen LogP contribution in [-0.2, 0) is 17.6 Å². The Morgan fingerprint density at radius 1 is 1.10 bits per heavy atom. The number of fused-ring (bicyclic) bond motifs is 1. The van der Waals surface area contributed by atoms with Crippen molar-refractivity contribution in [3.63, 3.8) is 0 Å². The molecule has 1 aliphatic rings. The summed E-state index contributed by atoms with van der Waals surface area (Å²) in [7, 11) is 0. The number of aryl methyl sites for hydroxylation is 2. The highest BCUT2D eigenvalue weighted by molar-refractivity contribution is 5.92. The fourth-order valence-corrected chi connectivity index (χ4v) is 2.83. The van der Waals surface area contributed by atoms with Crippen LogP contribution in [0.2, 0.25) is 0 Å². The molecule has 0 saturated carbocycles. The van der Waals surface area contributed by atoms with E-state index in [1.807, 2.05) is 48.0 Å². The lowest BCUT2D eigenvalue weighted by atomic mass is 9.93. The van der Waals surface area contributed by atoms with Crippen molar-refractivity contribution in [1.29, 1.82) is 0 Å². The van der Waals surface area contributed by atoms with E-state index in [1.54, 1.807) is 0 Å². The van der Waals surface area contributed by atoms with Gasteiger partial charge >= 0.3 is 0 Å². The van der Waals surface area contributed by atoms with E-state index in [4.69, 9.17) is 0 Å². The number of para-hydroxylation sites is 1. The molecular formula is C18H21N2O+. The summed E-state index contributed by atoms with van der Waals surface area (Å²) < 4.78 is 2.02. The zero-order chi connectivity index (χ0) is 14.7. The van der Waals surface area contributed by atoms with Crippen LogP contribution in [0.3, 0.4) is 0 Å². The molecule has 0 unspecified atom stereocenters. The molecule has 0 saturated heterocycles. The number of anilines is 1. The molecule has 0 radical (unpaired) electrons. The van der Waals surface area contributed by atoms with Gasteiger partial charge in [-0.2, -0.15) is 4.57 Å². The molecule has 1 atom stereocenters. The van der Waals surface area contributed by atoms with Gasteiger partial charge in [0.25, 0.3) is 5.91 Å². The van der Waals surface area contributed by atoms with Crippen molar-refractivity contribution < 1.29 is 9.36 Å². The van der Waals surface area contributed by atoms with E-state index in [-0.39, 0.29) is 11.9 Å². The Bertz CT molecular complexity index is 637. The number of nitrogens with one attached hydrogen (secondary N) is 1. The molecule has 1 aliphatic carbocycles. The molecule has 1 heterocycles. The molecule has 0 fully saturated rings.